The lowest BCUT2D eigenvalue weighted by molar-refractivity contribution is -0.278. The van der Waals surface area contributed by atoms with E-state index < -0.39 is 48.1 Å². The van der Waals surface area contributed by atoms with Crippen molar-refractivity contribution in [3.05, 3.63) is 83.9 Å². The molecule has 0 N–H and O–H groups in total. The summed E-state index contributed by atoms with van der Waals surface area (Å²) in [6, 6.07) is 14.9. The summed E-state index contributed by atoms with van der Waals surface area (Å²) in [5.74, 6) is -4.20. The van der Waals surface area contributed by atoms with Crippen molar-refractivity contribution in [2.45, 2.75) is 30.7 Å². The molecule has 0 aliphatic heterocycles. The number of esters is 1. The summed E-state index contributed by atoms with van der Waals surface area (Å²) >= 11 is 0. The molecule has 0 aromatic heterocycles. The molecule has 2 aromatic carbocycles. The molecule has 0 saturated carbocycles. The zero-order valence-electron chi connectivity index (χ0n) is 19.5. The van der Waals surface area contributed by atoms with Crippen LogP contribution in [0.2, 0.25) is 0 Å². The number of hydrogen-bond donors (Lipinski definition) is 0. The molecule has 0 aliphatic rings. The van der Waals surface area contributed by atoms with Gasteiger partial charge in [0.2, 0.25) is 0 Å². The molecule has 0 spiro atoms. The highest BCUT2D eigenvalue weighted by Crippen LogP contribution is 2.43. The lowest BCUT2D eigenvalue weighted by Gasteiger charge is -2.33. The molecular weight excluding hydrogens is 494 g/mol. The molecule has 0 saturated heterocycles. The summed E-state index contributed by atoms with van der Waals surface area (Å²) in [5, 5.41) is 0. The SMILES string of the molecule is CO[C@H](COC(=O)C(OC)(c1ccccc1)C(F)(F)F)[C@H](/C=C/COCc1ccccc1)C(F)(F)F. The van der Waals surface area contributed by atoms with Crippen LogP contribution in [0.3, 0.4) is 0 Å². The zero-order valence-corrected chi connectivity index (χ0v) is 19.5. The normalized spacial score (nSPS) is 15.9. The minimum atomic E-state index is -5.26. The smallest absolute Gasteiger partial charge is 0.432 e. The van der Waals surface area contributed by atoms with E-state index >= 15 is 0 Å². The van der Waals surface area contributed by atoms with Crippen molar-refractivity contribution in [3.63, 3.8) is 0 Å². The zero-order chi connectivity index (χ0) is 26.8. The van der Waals surface area contributed by atoms with E-state index in [1.54, 1.807) is 30.3 Å². The fourth-order valence-electron chi connectivity index (χ4n) is 3.43. The highest BCUT2D eigenvalue weighted by atomic mass is 19.4. The van der Waals surface area contributed by atoms with E-state index in [-0.39, 0.29) is 13.2 Å². The molecule has 36 heavy (non-hydrogen) atoms. The Morgan fingerprint density at radius 3 is 2.00 bits per heavy atom. The molecular formula is C25H26F6O5. The lowest BCUT2D eigenvalue weighted by Crippen LogP contribution is -2.52. The van der Waals surface area contributed by atoms with Gasteiger partial charge in [-0.15, -0.1) is 0 Å². The van der Waals surface area contributed by atoms with Gasteiger partial charge >= 0.3 is 18.3 Å². The lowest BCUT2D eigenvalue weighted by atomic mass is 9.92. The van der Waals surface area contributed by atoms with Crippen LogP contribution in [0.25, 0.3) is 0 Å². The maximum Gasteiger partial charge on any atom is 0.432 e. The van der Waals surface area contributed by atoms with Gasteiger partial charge in [-0.25, -0.2) is 4.79 Å². The summed E-state index contributed by atoms with van der Waals surface area (Å²) in [5.41, 5.74) is -3.28. The van der Waals surface area contributed by atoms with E-state index in [4.69, 9.17) is 14.2 Å². The second-order valence-corrected chi connectivity index (χ2v) is 7.62. The Balaban J connectivity index is 2.13. The fourth-order valence-corrected chi connectivity index (χ4v) is 3.43. The molecule has 11 heteroatoms. The van der Waals surface area contributed by atoms with Crippen LogP contribution in [0, 0.1) is 5.92 Å². The van der Waals surface area contributed by atoms with Gasteiger partial charge in [0.1, 0.15) is 18.6 Å². The number of rotatable bonds is 12. The minimum absolute atomic E-state index is 0.160. The van der Waals surface area contributed by atoms with Crippen molar-refractivity contribution >= 4 is 5.97 Å². The van der Waals surface area contributed by atoms with Gasteiger partial charge in [-0.1, -0.05) is 72.8 Å². The Labute approximate surface area is 204 Å². The predicted octanol–water partition coefficient (Wildman–Crippen LogP) is 5.60. The van der Waals surface area contributed by atoms with E-state index in [0.717, 1.165) is 37.0 Å². The van der Waals surface area contributed by atoms with Crippen LogP contribution < -0.4 is 0 Å². The van der Waals surface area contributed by atoms with Crippen LogP contribution >= 0.6 is 0 Å². The fraction of sp³-hybridized carbons (Fsp3) is 0.400. The summed E-state index contributed by atoms with van der Waals surface area (Å²) in [7, 11) is 1.59. The van der Waals surface area contributed by atoms with E-state index in [1.807, 2.05) is 0 Å². The van der Waals surface area contributed by atoms with Crippen LogP contribution in [-0.4, -0.2) is 51.9 Å². The van der Waals surface area contributed by atoms with Crippen molar-refractivity contribution in [2.24, 2.45) is 5.92 Å². The largest absolute Gasteiger partial charge is 0.460 e. The van der Waals surface area contributed by atoms with Crippen LogP contribution in [0.4, 0.5) is 26.3 Å². The predicted molar refractivity (Wildman–Crippen MR) is 118 cm³/mol. The van der Waals surface area contributed by atoms with Crippen LogP contribution in [0.5, 0.6) is 0 Å². The Morgan fingerprint density at radius 1 is 0.917 bits per heavy atom. The maximum atomic E-state index is 14.0. The second kappa shape index (κ2) is 12.9. The molecule has 5 nitrogen and oxygen atoms in total. The molecule has 0 fully saturated rings. The summed E-state index contributed by atoms with van der Waals surface area (Å²) in [6.45, 7) is -1.10. The Kier molecular flexibility index (Phi) is 10.5. The quantitative estimate of drug-likeness (QED) is 0.158. The Morgan fingerprint density at radius 2 is 1.50 bits per heavy atom. The molecule has 0 aliphatic carbocycles. The number of methoxy groups -OCH3 is 2. The maximum absolute atomic E-state index is 14.0. The third-order valence-electron chi connectivity index (χ3n) is 5.30. The van der Waals surface area contributed by atoms with Crippen molar-refractivity contribution in [2.75, 3.05) is 27.4 Å². The average Bonchev–Trinajstić information content (AvgIpc) is 2.83. The van der Waals surface area contributed by atoms with Gasteiger partial charge in [-0.05, 0) is 5.56 Å². The Hall–Kier alpha value is -2.89. The molecule has 3 atom stereocenters. The minimum Gasteiger partial charge on any atom is -0.460 e. The van der Waals surface area contributed by atoms with Crippen LogP contribution in [-0.2, 0) is 35.9 Å². The standard InChI is InChI=1S/C25H26F6O5/c1-33-21(20(24(26,27)28)14-9-15-35-16-18-10-5-3-6-11-18)17-36-22(32)23(34-2,25(29,30)31)19-12-7-4-8-13-19/h3-14,20-21H,15-17H2,1-2H3/b14-9+/t20-,21+,23?/m0/s1. The topological polar surface area (TPSA) is 54.0 Å². The van der Waals surface area contributed by atoms with E-state index in [1.165, 1.54) is 18.2 Å². The first-order valence-electron chi connectivity index (χ1n) is 10.7. The summed E-state index contributed by atoms with van der Waals surface area (Å²) in [4.78, 5) is 12.6. The molecule has 0 amide bonds. The number of carbonyl (C=O) groups excluding carboxylic acids is 1. The molecule has 0 bridgehead atoms. The van der Waals surface area contributed by atoms with E-state index in [0.29, 0.717) is 7.11 Å². The number of carbonyl (C=O) groups is 1. The monoisotopic (exact) mass is 520 g/mol. The highest BCUT2D eigenvalue weighted by Gasteiger charge is 2.64. The first kappa shape index (κ1) is 29.3. The number of hydrogen-bond acceptors (Lipinski definition) is 5. The summed E-state index contributed by atoms with van der Waals surface area (Å²) in [6.07, 6.45) is -10.0. The first-order chi connectivity index (χ1) is 17.0. The summed E-state index contributed by atoms with van der Waals surface area (Å²) < 4.78 is 102. The number of halogens is 6. The van der Waals surface area contributed by atoms with Gasteiger partial charge in [-0.3, -0.25) is 0 Å². The molecule has 198 valence electrons. The molecule has 0 radical (unpaired) electrons. The second-order valence-electron chi connectivity index (χ2n) is 7.62. The van der Waals surface area contributed by atoms with Gasteiger partial charge in [0.05, 0.1) is 13.2 Å². The van der Waals surface area contributed by atoms with E-state index in [2.05, 4.69) is 4.74 Å². The van der Waals surface area contributed by atoms with Crippen LogP contribution in [0.1, 0.15) is 11.1 Å². The number of alkyl halides is 6. The van der Waals surface area contributed by atoms with Gasteiger partial charge < -0.3 is 18.9 Å². The van der Waals surface area contributed by atoms with Gasteiger partial charge in [-0.2, -0.15) is 26.3 Å². The molecule has 2 rings (SSSR count). The highest BCUT2D eigenvalue weighted by molar-refractivity contribution is 5.82. The third kappa shape index (κ3) is 7.31. The van der Waals surface area contributed by atoms with Gasteiger partial charge in [0, 0.05) is 19.8 Å². The number of ether oxygens (including phenoxy) is 4. The van der Waals surface area contributed by atoms with Crippen molar-refractivity contribution in [1.82, 2.24) is 0 Å². The van der Waals surface area contributed by atoms with Gasteiger partial charge in [0.25, 0.3) is 5.60 Å². The van der Waals surface area contributed by atoms with Crippen molar-refractivity contribution in [3.8, 4) is 0 Å². The van der Waals surface area contributed by atoms with Crippen LogP contribution in [0.15, 0.2) is 72.8 Å². The first-order valence-corrected chi connectivity index (χ1v) is 10.7. The third-order valence-corrected chi connectivity index (χ3v) is 5.30. The van der Waals surface area contributed by atoms with Gasteiger partial charge in [0.15, 0.2) is 0 Å². The van der Waals surface area contributed by atoms with Crippen molar-refractivity contribution in [1.29, 1.82) is 0 Å². The van der Waals surface area contributed by atoms with E-state index in [9.17, 15) is 31.1 Å². The molecule has 2 aromatic rings. The van der Waals surface area contributed by atoms with Crippen molar-refractivity contribution < 1.29 is 50.1 Å². The molecule has 0 heterocycles. The number of benzene rings is 2. The Bertz CT molecular complexity index is 962. The molecule has 1 unspecified atom stereocenters. The average molecular weight is 520 g/mol.